The number of rotatable bonds is 1. The van der Waals surface area contributed by atoms with Crippen LogP contribution in [0, 0.1) is 5.82 Å². The zero-order valence-electron chi connectivity index (χ0n) is 6.87. The third kappa shape index (κ3) is 3.91. The zero-order valence-corrected chi connectivity index (χ0v) is 6.87. The number of carbonyl (C=O) groups is 1. The van der Waals surface area contributed by atoms with E-state index in [0.29, 0.717) is 0 Å². The minimum Gasteiger partial charge on any atom is -0.449 e. The fraction of sp³-hybridized carbons (Fsp3) is 0. The molecule has 1 aromatic rings. The average Bonchev–Trinajstić information content (AvgIpc) is 2.12. The van der Waals surface area contributed by atoms with Crippen LogP contribution >= 0.6 is 0 Å². The van der Waals surface area contributed by atoms with Gasteiger partial charge in [-0.3, -0.25) is 0 Å². The molecule has 0 atom stereocenters. The number of halogens is 1. The first kappa shape index (κ1) is 11.2. The summed E-state index contributed by atoms with van der Waals surface area (Å²) in [5, 5.41) is 8.10. The van der Waals surface area contributed by atoms with E-state index in [-0.39, 0.29) is 5.75 Å². The summed E-state index contributed by atoms with van der Waals surface area (Å²) in [5.41, 5.74) is 0. The largest absolute Gasteiger partial charge is 0.511 e. The molecule has 0 heterocycles. The van der Waals surface area contributed by atoms with Crippen molar-refractivity contribution in [3.8, 4) is 5.75 Å². The number of benzene rings is 1. The van der Waals surface area contributed by atoms with E-state index < -0.39 is 12.0 Å². The Balaban J connectivity index is 0.000000671. The van der Waals surface area contributed by atoms with Gasteiger partial charge in [-0.05, 0) is 12.1 Å². The molecule has 0 aliphatic carbocycles. The van der Waals surface area contributed by atoms with Crippen molar-refractivity contribution in [3.63, 3.8) is 0 Å². The summed E-state index contributed by atoms with van der Waals surface area (Å²) in [7, 11) is 0. The molecule has 0 aliphatic heterocycles. The second-order valence-corrected chi connectivity index (χ2v) is 1.80. The molecule has 0 unspecified atom stereocenters. The first-order valence-corrected chi connectivity index (χ1v) is 3.35. The Morgan fingerprint density at radius 2 is 1.92 bits per heavy atom. The lowest BCUT2D eigenvalue weighted by atomic mass is 10.3. The van der Waals surface area contributed by atoms with Crippen molar-refractivity contribution in [2.45, 2.75) is 0 Å². The number of carboxylic acid groups (broad SMARTS) is 1. The molecule has 0 fully saturated rings. The van der Waals surface area contributed by atoms with Crippen LogP contribution < -0.4 is 4.74 Å². The number of para-hydroxylation sites is 1. The Labute approximate surface area is 75.1 Å². The van der Waals surface area contributed by atoms with Gasteiger partial charge in [0.2, 0.25) is 0 Å². The van der Waals surface area contributed by atoms with E-state index in [2.05, 4.69) is 17.9 Å². The summed E-state index contributed by atoms with van der Waals surface area (Å²) in [6, 6.07) is 5.30. The van der Waals surface area contributed by atoms with E-state index in [1.54, 1.807) is 0 Å². The van der Waals surface area contributed by atoms with Crippen LogP contribution in [-0.2, 0) is 0 Å². The highest BCUT2D eigenvalue weighted by atomic mass is 19.1. The van der Waals surface area contributed by atoms with Crippen LogP contribution in [0.25, 0.3) is 0 Å². The maximum Gasteiger partial charge on any atom is 0.511 e. The van der Waals surface area contributed by atoms with Gasteiger partial charge in [0.05, 0.1) is 0 Å². The second kappa shape index (κ2) is 5.77. The maximum absolute atomic E-state index is 12.6. The van der Waals surface area contributed by atoms with Crippen molar-refractivity contribution in [1.82, 2.24) is 0 Å². The molecule has 0 saturated carbocycles. The van der Waals surface area contributed by atoms with Crippen LogP contribution in [0.4, 0.5) is 9.18 Å². The van der Waals surface area contributed by atoms with Gasteiger partial charge in [-0.2, -0.15) is 0 Å². The lowest BCUT2D eigenvalue weighted by Gasteiger charge is -1.98. The van der Waals surface area contributed by atoms with E-state index in [0.717, 1.165) is 6.07 Å². The van der Waals surface area contributed by atoms with Crippen LogP contribution in [-0.4, -0.2) is 11.3 Å². The van der Waals surface area contributed by atoms with E-state index in [9.17, 15) is 9.18 Å². The SMILES string of the molecule is C=C.O=C(O)Oc1ccccc1F. The normalized spacial score (nSPS) is 8.08. The van der Waals surface area contributed by atoms with Crippen LogP contribution in [0.5, 0.6) is 5.75 Å². The Morgan fingerprint density at radius 3 is 2.38 bits per heavy atom. The molecule has 4 heteroatoms. The third-order valence-corrected chi connectivity index (χ3v) is 1.03. The molecule has 0 aliphatic rings. The maximum atomic E-state index is 12.6. The number of ether oxygens (including phenoxy) is 1. The highest BCUT2D eigenvalue weighted by Gasteiger charge is 2.04. The molecule has 1 N–H and O–H groups in total. The van der Waals surface area contributed by atoms with Crippen molar-refractivity contribution in [2.24, 2.45) is 0 Å². The molecule has 0 bridgehead atoms. The van der Waals surface area contributed by atoms with Gasteiger partial charge in [-0.15, -0.1) is 13.2 Å². The van der Waals surface area contributed by atoms with Gasteiger partial charge in [0.25, 0.3) is 0 Å². The molecule has 70 valence electrons. The fourth-order valence-electron chi connectivity index (χ4n) is 0.622. The molecular weight excluding hydrogens is 175 g/mol. The summed E-state index contributed by atoms with van der Waals surface area (Å²) in [5.74, 6) is -0.963. The molecule has 1 rings (SSSR count). The predicted molar refractivity (Wildman–Crippen MR) is 46.3 cm³/mol. The third-order valence-electron chi connectivity index (χ3n) is 1.03. The first-order chi connectivity index (χ1) is 6.20. The molecule has 1 aromatic carbocycles. The van der Waals surface area contributed by atoms with Gasteiger partial charge < -0.3 is 9.84 Å². The van der Waals surface area contributed by atoms with Gasteiger partial charge in [0, 0.05) is 0 Å². The summed E-state index contributed by atoms with van der Waals surface area (Å²) in [4.78, 5) is 9.93. The van der Waals surface area contributed by atoms with Gasteiger partial charge in [-0.25, -0.2) is 9.18 Å². The first-order valence-electron chi connectivity index (χ1n) is 3.35. The van der Waals surface area contributed by atoms with E-state index in [1.807, 2.05) is 0 Å². The van der Waals surface area contributed by atoms with Crippen molar-refractivity contribution < 1.29 is 19.0 Å². The number of hydrogen-bond donors (Lipinski definition) is 1. The van der Waals surface area contributed by atoms with Crippen molar-refractivity contribution in [2.75, 3.05) is 0 Å². The molecule has 0 saturated heterocycles. The zero-order chi connectivity index (χ0) is 10.3. The molecule has 0 radical (unpaired) electrons. The molecule has 3 nitrogen and oxygen atoms in total. The lowest BCUT2D eigenvalue weighted by molar-refractivity contribution is 0.142. The molecule has 0 spiro atoms. The van der Waals surface area contributed by atoms with Crippen molar-refractivity contribution in [1.29, 1.82) is 0 Å². The standard InChI is InChI=1S/C7H5FO3.C2H4/c8-5-3-1-2-4-6(5)11-7(9)10;1-2/h1-4H,(H,9,10);1-2H2. The second-order valence-electron chi connectivity index (χ2n) is 1.80. The monoisotopic (exact) mass is 184 g/mol. The molecular formula is C9H9FO3. The van der Waals surface area contributed by atoms with Gasteiger partial charge >= 0.3 is 6.16 Å². The Kier molecular flexibility index (Phi) is 4.95. The van der Waals surface area contributed by atoms with Crippen molar-refractivity contribution >= 4 is 6.16 Å². The Bertz CT molecular complexity index is 286. The van der Waals surface area contributed by atoms with Gasteiger partial charge in [-0.1, -0.05) is 12.1 Å². The Morgan fingerprint density at radius 1 is 1.38 bits per heavy atom. The van der Waals surface area contributed by atoms with Crippen LogP contribution in [0.3, 0.4) is 0 Å². The summed E-state index contributed by atoms with van der Waals surface area (Å²) >= 11 is 0. The Hall–Kier alpha value is -1.84. The average molecular weight is 184 g/mol. The molecule has 0 amide bonds. The molecule has 0 aromatic heterocycles. The van der Waals surface area contributed by atoms with E-state index >= 15 is 0 Å². The minimum atomic E-state index is -1.52. The minimum absolute atomic E-state index is 0.278. The quantitative estimate of drug-likeness (QED) is 0.414. The van der Waals surface area contributed by atoms with Crippen molar-refractivity contribution in [3.05, 3.63) is 43.2 Å². The smallest absolute Gasteiger partial charge is 0.449 e. The topological polar surface area (TPSA) is 46.5 Å². The highest BCUT2D eigenvalue weighted by Crippen LogP contribution is 2.14. The van der Waals surface area contributed by atoms with Crippen LogP contribution in [0.2, 0.25) is 0 Å². The summed E-state index contributed by atoms with van der Waals surface area (Å²) < 4.78 is 16.6. The van der Waals surface area contributed by atoms with E-state index in [1.165, 1.54) is 18.2 Å². The highest BCUT2D eigenvalue weighted by molar-refractivity contribution is 5.61. The van der Waals surface area contributed by atoms with Gasteiger partial charge in [0.15, 0.2) is 11.6 Å². The summed E-state index contributed by atoms with van der Waals surface area (Å²) in [6.45, 7) is 6.00. The fourth-order valence-corrected chi connectivity index (χ4v) is 0.622. The lowest BCUT2D eigenvalue weighted by Crippen LogP contribution is -2.04. The number of hydrogen-bond acceptors (Lipinski definition) is 2. The van der Waals surface area contributed by atoms with Gasteiger partial charge in [0.1, 0.15) is 0 Å². The van der Waals surface area contributed by atoms with Crippen LogP contribution in [0.15, 0.2) is 37.4 Å². The predicted octanol–water partition coefficient (Wildman–Crippen LogP) is 2.68. The summed E-state index contributed by atoms with van der Waals surface area (Å²) in [6.07, 6.45) is -1.52. The molecule has 13 heavy (non-hydrogen) atoms. The van der Waals surface area contributed by atoms with E-state index in [4.69, 9.17) is 5.11 Å². The van der Waals surface area contributed by atoms with Crippen LogP contribution in [0.1, 0.15) is 0 Å².